The molecular weight excluding hydrogens is 440 g/mol. The standard InChI is InChI=1S/C22H24F4N6O/c1-32-7-6-12-17(8-11(9-18(12)32)22(24,25)26)30-20-13(19(28)33)10-14(23)21(31-20)29-16-5-3-2-4-15(16)27/h6-10,15-16H,2-5,27H2,1H3,(H2,28,33)(H2,29,30,31)/t15-,16+/m0/s1. The van der Waals surface area contributed by atoms with Gasteiger partial charge in [0.2, 0.25) is 0 Å². The third-order valence-corrected chi connectivity index (χ3v) is 5.97. The number of fused-ring (bicyclic) bond motifs is 1. The van der Waals surface area contributed by atoms with Crippen molar-refractivity contribution in [2.24, 2.45) is 18.5 Å². The Labute approximate surface area is 187 Å². The molecule has 1 aliphatic carbocycles. The molecule has 0 spiro atoms. The normalized spacial score (nSPS) is 19.0. The quantitative estimate of drug-likeness (QED) is 0.422. The Balaban J connectivity index is 1.78. The summed E-state index contributed by atoms with van der Waals surface area (Å²) < 4.78 is 56.8. The number of benzene rings is 1. The van der Waals surface area contributed by atoms with Crippen LogP contribution in [0.2, 0.25) is 0 Å². The summed E-state index contributed by atoms with van der Waals surface area (Å²) in [4.78, 5) is 16.1. The second-order valence-corrected chi connectivity index (χ2v) is 8.28. The Bertz CT molecular complexity index is 1210. The molecule has 2 heterocycles. The van der Waals surface area contributed by atoms with E-state index in [2.05, 4.69) is 15.6 Å². The lowest BCUT2D eigenvalue weighted by Gasteiger charge is -2.30. The van der Waals surface area contributed by atoms with Gasteiger partial charge in [0.05, 0.1) is 16.6 Å². The monoisotopic (exact) mass is 464 g/mol. The molecule has 1 fully saturated rings. The molecule has 1 aliphatic rings. The molecule has 4 rings (SSSR count). The Hall–Kier alpha value is -3.34. The van der Waals surface area contributed by atoms with E-state index >= 15 is 0 Å². The minimum atomic E-state index is -4.60. The summed E-state index contributed by atoms with van der Waals surface area (Å²) in [5.74, 6) is -2.08. The predicted octanol–water partition coefficient (Wildman–Crippen LogP) is 4.26. The zero-order valence-corrected chi connectivity index (χ0v) is 17.8. The molecule has 2 aromatic heterocycles. The number of primary amides is 1. The van der Waals surface area contributed by atoms with Crippen molar-refractivity contribution in [2.75, 3.05) is 10.6 Å². The van der Waals surface area contributed by atoms with Gasteiger partial charge in [0.1, 0.15) is 5.82 Å². The maximum atomic E-state index is 14.7. The van der Waals surface area contributed by atoms with Crippen LogP contribution in [0.1, 0.15) is 41.6 Å². The molecule has 0 bridgehead atoms. The highest BCUT2D eigenvalue weighted by Gasteiger charge is 2.32. The van der Waals surface area contributed by atoms with Crippen LogP contribution in [0.25, 0.3) is 10.9 Å². The number of anilines is 3. The second kappa shape index (κ2) is 8.54. The molecule has 0 aliphatic heterocycles. The molecule has 1 amide bonds. The molecule has 1 saturated carbocycles. The predicted molar refractivity (Wildman–Crippen MR) is 118 cm³/mol. The van der Waals surface area contributed by atoms with Gasteiger partial charge in [0, 0.05) is 36.4 Å². The van der Waals surface area contributed by atoms with Crippen LogP contribution in [-0.4, -0.2) is 27.5 Å². The Morgan fingerprint density at radius 1 is 1.18 bits per heavy atom. The Kier molecular flexibility index (Phi) is 5.91. The van der Waals surface area contributed by atoms with Gasteiger partial charge in [0.15, 0.2) is 11.6 Å². The van der Waals surface area contributed by atoms with Gasteiger partial charge in [-0.15, -0.1) is 0 Å². The number of nitrogens with one attached hydrogen (secondary N) is 2. The molecule has 0 unspecified atom stereocenters. The largest absolute Gasteiger partial charge is 0.416 e. The highest BCUT2D eigenvalue weighted by molar-refractivity contribution is 6.01. The van der Waals surface area contributed by atoms with Crippen LogP contribution in [0, 0.1) is 5.82 Å². The SMILES string of the molecule is Cn1ccc2c(Nc3nc(N[C@@H]4CCCC[C@@H]4N)c(F)cc3C(N)=O)cc(C(F)(F)F)cc21. The highest BCUT2D eigenvalue weighted by Crippen LogP contribution is 2.37. The van der Waals surface area contributed by atoms with E-state index in [9.17, 15) is 22.4 Å². The number of hydrogen-bond donors (Lipinski definition) is 4. The summed E-state index contributed by atoms with van der Waals surface area (Å²) in [7, 11) is 1.62. The van der Waals surface area contributed by atoms with Crippen LogP contribution in [0.4, 0.5) is 34.9 Å². The molecule has 0 radical (unpaired) electrons. The fourth-order valence-corrected chi connectivity index (χ4v) is 4.15. The third kappa shape index (κ3) is 4.58. The van der Waals surface area contributed by atoms with E-state index in [0.29, 0.717) is 10.9 Å². The first kappa shape index (κ1) is 22.8. The Morgan fingerprint density at radius 2 is 1.91 bits per heavy atom. The van der Waals surface area contributed by atoms with Crippen molar-refractivity contribution in [3.05, 3.63) is 47.4 Å². The van der Waals surface area contributed by atoms with Crippen molar-refractivity contribution in [3.63, 3.8) is 0 Å². The van der Waals surface area contributed by atoms with E-state index in [1.807, 2.05) is 0 Å². The van der Waals surface area contributed by atoms with E-state index in [-0.39, 0.29) is 35.0 Å². The number of aromatic nitrogens is 2. The van der Waals surface area contributed by atoms with E-state index in [1.165, 1.54) is 0 Å². The van der Waals surface area contributed by atoms with Crippen molar-refractivity contribution in [3.8, 4) is 0 Å². The number of amides is 1. The van der Waals surface area contributed by atoms with Gasteiger partial charge in [0.25, 0.3) is 5.91 Å². The van der Waals surface area contributed by atoms with Crippen molar-refractivity contribution in [2.45, 2.75) is 43.9 Å². The van der Waals surface area contributed by atoms with Crippen LogP contribution >= 0.6 is 0 Å². The molecule has 3 aromatic rings. The first-order valence-electron chi connectivity index (χ1n) is 10.5. The summed E-state index contributed by atoms with van der Waals surface area (Å²) in [5.41, 5.74) is 10.7. The zero-order chi connectivity index (χ0) is 23.9. The maximum absolute atomic E-state index is 14.7. The summed E-state index contributed by atoms with van der Waals surface area (Å²) >= 11 is 0. The van der Waals surface area contributed by atoms with Gasteiger partial charge < -0.3 is 26.7 Å². The second-order valence-electron chi connectivity index (χ2n) is 8.28. The van der Waals surface area contributed by atoms with E-state index < -0.39 is 23.5 Å². The molecule has 33 heavy (non-hydrogen) atoms. The molecule has 0 saturated heterocycles. The zero-order valence-electron chi connectivity index (χ0n) is 17.8. The minimum Gasteiger partial charge on any atom is -0.365 e. The van der Waals surface area contributed by atoms with Crippen molar-refractivity contribution < 1.29 is 22.4 Å². The van der Waals surface area contributed by atoms with Gasteiger partial charge >= 0.3 is 6.18 Å². The number of hydrogen-bond acceptors (Lipinski definition) is 5. The highest BCUT2D eigenvalue weighted by atomic mass is 19.4. The smallest absolute Gasteiger partial charge is 0.365 e. The average Bonchev–Trinajstić information content (AvgIpc) is 3.12. The van der Waals surface area contributed by atoms with Crippen LogP contribution in [-0.2, 0) is 13.2 Å². The molecule has 1 aromatic carbocycles. The number of carbonyl (C=O) groups is 1. The maximum Gasteiger partial charge on any atom is 0.416 e. The molecule has 2 atom stereocenters. The number of pyridine rings is 1. The fourth-order valence-electron chi connectivity index (χ4n) is 4.15. The number of alkyl halides is 3. The number of carbonyl (C=O) groups excluding carboxylic acids is 1. The molecule has 6 N–H and O–H groups in total. The van der Waals surface area contributed by atoms with Gasteiger partial charge in [-0.05, 0) is 37.1 Å². The molecule has 7 nitrogen and oxygen atoms in total. The summed E-state index contributed by atoms with van der Waals surface area (Å²) in [6.45, 7) is 0. The van der Waals surface area contributed by atoms with Crippen LogP contribution in [0.5, 0.6) is 0 Å². The third-order valence-electron chi connectivity index (χ3n) is 5.97. The van der Waals surface area contributed by atoms with Crippen molar-refractivity contribution in [1.82, 2.24) is 9.55 Å². The van der Waals surface area contributed by atoms with Crippen LogP contribution in [0.3, 0.4) is 0 Å². The van der Waals surface area contributed by atoms with E-state index in [1.54, 1.807) is 23.9 Å². The minimum absolute atomic E-state index is 0.0577. The topological polar surface area (TPSA) is 111 Å². The molecule has 11 heteroatoms. The first-order chi connectivity index (χ1) is 15.5. The Morgan fingerprint density at radius 3 is 2.58 bits per heavy atom. The lowest BCUT2D eigenvalue weighted by atomic mass is 9.91. The first-order valence-corrected chi connectivity index (χ1v) is 10.5. The average molecular weight is 464 g/mol. The van der Waals surface area contributed by atoms with Gasteiger partial charge in [-0.25, -0.2) is 9.37 Å². The number of rotatable bonds is 5. The van der Waals surface area contributed by atoms with Gasteiger partial charge in [-0.1, -0.05) is 12.8 Å². The lowest BCUT2D eigenvalue weighted by molar-refractivity contribution is -0.137. The lowest BCUT2D eigenvalue weighted by Crippen LogP contribution is -2.43. The number of nitrogens with two attached hydrogens (primary N) is 2. The summed E-state index contributed by atoms with van der Waals surface area (Å²) in [5, 5.41) is 6.22. The van der Waals surface area contributed by atoms with Crippen molar-refractivity contribution in [1.29, 1.82) is 0 Å². The van der Waals surface area contributed by atoms with Gasteiger partial charge in [-0.3, -0.25) is 4.79 Å². The van der Waals surface area contributed by atoms with Crippen molar-refractivity contribution >= 4 is 34.1 Å². The number of aryl methyl sites for hydroxylation is 1. The van der Waals surface area contributed by atoms with E-state index in [4.69, 9.17) is 11.5 Å². The number of nitrogens with zero attached hydrogens (tertiary/aromatic N) is 2. The van der Waals surface area contributed by atoms with Crippen LogP contribution in [0.15, 0.2) is 30.5 Å². The number of halogens is 4. The molecule has 176 valence electrons. The fraction of sp³-hybridized carbons (Fsp3) is 0.364. The molecular formula is C22H24F4N6O. The summed E-state index contributed by atoms with van der Waals surface area (Å²) in [6, 6.07) is 4.09. The van der Waals surface area contributed by atoms with E-state index in [0.717, 1.165) is 43.9 Å². The summed E-state index contributed by atoms with van der Waals surface area (Å²) in [6.07, 6.45) is 0.419. The van der Waals surface area contributed by atoms with Gasteiger partial charge in [-0.2, -0.15) is 13.2 Å². The van der Waals surface area contributed by atoms with Crippen LogP contribution < -0.4 is 22.1 Å².